The van der Waals surface area contributed by atoms with E-state index in [-0.39, 0.29) is 0 Å². The van der Waals surface area contributed by atoms with E-state index in [4.69, 9.17) is 0 Å². The molecule has 0 amide bonds. The summed E-state index contributed by atoms with van der Waals surface area (Å²) in [7, 11) is 0. The van der Waals surface area contributed by atoms with Gasteiger partial charge in [0.15, 0.2) is 0 Å². The molecule has 0 saturated carbocycles. The summed E-state index contributed by atoms with van der Waals surface area (Å²) in [5.74, 6) is 2.48. The molecule has 0 heterocycles. The molecule has 0 fully saturated rings. The summed E-state index contributed by atoms with van der Waals surface area (Å²) in [5, 5.41) is 0. The van der Waals surface area contributed by atoms with Crippen LogP contribution >= 0.6 is 0 Å². The van der Waals surface area contributed by atoms with Gasteiger partial charge in [0.25, 0.3) is 0 Å². The monoisotopic (exact) mass is 130 g/mol. The zero-order valence-corrected chi connectivity index (χ0v) is 5.83. The highest BCUT2D eigenvalue weighted by Crippen LogP contribution is 2.48. The van der Waals surface area contributed by atoms with E-state index >= 15 is 0 Å². The lowest BCUT2D eigenvalue weighted by Gasteiger charge is -2.11. The second-order valence-electron chi connectivity index (χ2n) is 3.45. The summed E-state index contributed by atoms with van der Waals surface area (Å²) in [6, 6.07) is 0. The van der Waals surface area contributed by atoms with Crippen LogP contribution in [0.3, 0.4) is 0 Å². The van der Waals surface area contributed by atoms with Crippen molar-refractivity contribution in [3.63, 3.8) is 0 Å². The number of allylic oxidation sites excluding steroid dienone is 6. The minimum atomic E-state index is 0.763. The number of hydrogen-bond acceptors (Lipinski definition) is 0. The van der Waals surface area contributed by atoms with Crippen LogP contribution in [0.15, 0.2) is 36.0 Å². The average Bonchev–Trinajstić information content (AvgIpc) is 2.56. The molecule has 10 heavy (non-hydrogen) atoms. The van der Waals surface area contributed by atoms with E-state index < -0.39 is 0 Å². The number of rotatable bonds is 0. The van der Waals surface area contributed by atoms with Gasteiger partial charge in [-0.1, -0.05) is 30.4 Å². The fourth-order valence-electron chi connectivity index (χ4n) is 2.48. The first kappa shape index (κ1) is 4.95. The zero-order valence-electron chi connectivity index (χ0n) is 5.83. The summed E-state index contributed by atoms with van der Waals surface area (Å²) in [4.78, 5) is 0. The van der Waals surface area contributed by atoms with Crippen molar-refractivity contribution < 1.29 is 0 Å². The van der Waals surface area contributed by atoms with Crippen LogP contribution in [0.2, 0.25) is 0 Å². The molecule has 3 aliphatic rings. The van der Waals surface area contributed by atoms with Crippen molar-refractivity contribution in [2.75, 3.05) is 0 Å². The Morgan fingerprint density at radius 1 is 1.20 bits per heavy atom. The van der Waals surface area contributed by atoms with Gasteiger partial charge >= 0.3 is 0 Å². The molecular weight excluding hydrogens is 120 g/mol. The van der Waals surface area contributed by atoms with Gasteiger partial charge in [0.05, 0.1) is 0 Å². The van der Waals surface area contributed by atoms with Gasteiger partial charge in [-0.15, -0.1) is 0 Å². The third-order valence-corrected chi connectivity index (χ3v) is 2.98. The van der Waals surface area contributed by atoms with Gasteiger partial charge in [-0.05, 0) is 23.8 Å². The smallest absolute Gasteiger partial charge is 0.00243 e. The van der Waals surface area contributed by atoms with Crippen molar-refractivity contribution in [1.82, 2.24) is 0 Å². The summed E-state index contributed by atoms with van der Waals surface area (Å²) >= 11 is 0. The average molecular weight is 130 g/mol. The maximum atomic E-state index is 2.40. The fourth-order valence-corrected chi connectivity index (χ4v) is 2.48. The highest BCUT2D eigenvalue weighted by molar-refractivity contribution is 5.41. The summed E-state index contributed by atoms with van der Waals surface area (Å²) in [6.45, 7) is 0. The molecule has 0 unspecified atom stereocenters. The molecule has 0 spiro atoms. The van der Waals surface area contributed by atoms with Crippen molar-refractivity contribution in [2.45, 2.75) is 6.42 Å². The van der Waals surface area contributed by atoms with Gasteiger partial charge in [0.1, 0.15) is 0 Å². The molecule has 0 radical (unpaired) electrons. The normalized spacial score (nSPS) is 46.4. The van der Waals surface area contributed by atoms with Crippen LogP contribution in [-0.4, -0.2) is 0 Å². The molecule has 0 bridgehead atoms. The van der Waals surface area contributed by atoms with Gasteiger partial charge in [-0.2, -0.15) is 0 Å². The molecular formula is C10H10. The second kappa shape index (κ2) is 1.45. The van der Waals surface area contributed by atoms with E-state index in [1.165, 1.54) is 6.42 Å². The molecule has 3 aliphatic carbocycles. The van der Waals surface area contributed by atoms with Crippen LogP contribution < -0.4 is 0 Å². The Morgan fingerprint density at radius 3 is 3.20 bits per heavy atom. The predicted octanol–water partition coefficient (Wildman–Crippen LogP) is 2.30. The maximum absolute atomic E-state index is 2.40. The van der Waals surface area contributed by atoms with E-state index in [2.05, 4.69) is 30.4 Å². The quantitative estimate of drug-likeness (QED) is 0.441. The Morgan fingerprint density at radius 2 is 2.20 bits per heavy atom. The number of hydrogen-bond donors (Lipinski definition) is 0. The summed E-state index contributed by atoms with van der Waals surface area (Å²) in [6.07, 6.45) is 13.1. The van der Waals surface area contributed by atoms with Gasteiger partial charge < -0.3 is 0 Å². The van der Waals surface area contributed by atoms with Gasteiger partial charge in [-0.25, -0.2) is 0 Å². The predicted molar refractivity (Wildman–Crippen MR) is 41.5 cm³/mol. The molecule has 0 saturated heterocycles. The van der Waals surface area contributed by atoms with Crippen molar-refractivity contribution in [3.8, 4) is 0 Å². The molecule has 3 rings (SSSR count). The Hall–Kier alpha value is -0.780. The van der Waals surface area contributed by atoms with Crippen LogP contribution in [0.25, 0.3) is 0 Å². The minimum absolute atomic E-state index is 0.763. The van der Waals surface area contributed by atoms with E-state index in [9.17, 15) is 0 Å². The molecule has 0 aromatic rings. The third-order valence-electron chi connectivity index (χ3n) is 2.98. The van der Waals surface area contributed by atoms with E-state index in [0.717, 1.165) is 17.8 Å². The van der Waals surface area contributed by atoms with Crippen LogP contribution in [-0.2, 0) is 0 Å². The molecule has 0 N–H and O–H groups in total. The summed E-state index contributed by atoms with van der Waals surface area (Å²) < 4.78 is 0. The lowest BCUT2D eigenvalue weighted by atomic mass is 9.92. The molecule has 0 aromatic carbocycles. The largest absolute Gasteiger partial charge is 0.0839 e. The van der Waals surface area contributed by atoms with Crippen LogP contribution in [0, 0.1) is 17.8 Å². The topological polar surface area (TPSA) is 0 Å². The van der Waals surface area contributed by atoms with E-state index in [0.29, 0.717) is 0 Å². The van der Waals surface area contributed by atoms with Gasteiger partial charge in [-0.3, -0.25) is 0 Å². The molecule has 0 aliphatic heterocycles. The Kier molecular flexibility index (Phi) is 0.715. The SMILES string of the molecule is C1=C[C@H]2C=C[C@@H]3CC=C1[C@H]23. The molecule has 0 heteroatoms. The standard InChI is InChI=1S/C10H10/c1-2-8-5-6-9-4-3-7(1)10(8)9/h1-5,7,9-10H,6H2/t7-,9+,10-/m0/s1. The fraction of sp³-hybridized carbons (Fsp3) is 0.400. The molecule has 0 nitrogen and oxygen atoms in total. The second-order valence-corrected chi connectivity index (χ2v) is 3.45. The van der Waals surface area contributed by atoms with Crippen LogP contribution in [0.4, 0.5) is 0 Å². The van der Waals surface area contributed by atoms with Crippen molar-refractivity contribution in [2.24, 2.45) is 17.8 Å². The minimum Gasteiger partial charge on any atom is -0.0839 e. The highest BCUT2D eigenvalue weighted by Gasteiger charge is 2.37. The Labute approximate surface area is 60.9 Å². The van der Waals surface area contributed by atoms with E-state index in [1.54, 1.807) is 5.57 Å². The van der Waals surface area contributed by atoms with Crippen LogP contribution in [0.1, 0.15) is 6.42 Å². The first-order valence-corrected chi connectivity index (χ1v) is 4.02. The van der Waals surface area contributed by atoms with Crippen molar-refractivity contribution >= 4 is 0 Å². The Balaban J connectivity index is 2.16. The molecule has 3 atom stereocenters. The maximum Gasteiger partial charge on any atom is 0.00243 e. The van der Waals surface area contributed by atoms with Crippen molar-refractivity contribution in [3.05, 3.63) is 36.0 Å². The third kappa shape index (κ3) is 0.406. The zero-order chi connectivity index (χ0) is 6.55. The lowest BCUT2D eigenvalue weighted by molar-refractivity contribution is 0.489. The first-order valence-electron chi connectivity index (χ1n) is 4.02. The van der Waals surface area contributed by atoms with Gasteiger partial charge in [0.2, 0.25) is 0 Å². The van der Waals surface area contributed by atoms with Crippen LogP contribution in [0.5, 0.6) is 0 Å². The highest BCUT2D eigenvalue weighted by atomic mass is 14.4. The molecule has 50 valence electrons. The Bertz CT molecular complexity index is 255. The van der Waals surface area contributed by atoms with Crippen molar-refractivity contribution in [1.29, 1.82) is 0 Å². The first-order chi connectivity index (χ1) is 4.95. The van der Waals surface area contributed by atoms with E-state index in [1.807, 2.05) is 0 Å². The summed E-state index contributed by atoms with van der Waals surface area (Å²) in [5.41, 5.74) is 1.60. The molecule has 0 aromatic heterocycles. The van der Waals surface area contributed by atoms with Gasteiger partial charge in [0, 0.05) is 5.92 Å². The lowest BCUT2D eigenvalue weighted by Crippen LogP contribution is -2.06.